The lowest BCUT2D eigenvalue weighted by molar-refractivity contribution is -0.136. The van der Waals surface area contributed by atoms with Crippen molar-refractivity contribution in [3.05, 3.63) is 29.8 Å². The van der Waals surface area contributed by atoms with Crippen molar-refractivity contribution in [1.29, 1.82) is 0 Å². The average Bonchev–Trinajstić information content (AvgIpc) is 2.40. The van der Waals surface area contributed by atoms with Crippen LogP contribution in [0.5, 0.6) is 5.75 Å². The van der Waals surface area contributed by atoms with E-state index in [9.17, 15) is 14.4 Å². The molecule has 7 heteroatoms. The van der Waals surface area contributed by atoms with E-state index in [1.807, 2.05) is 0 Å². The monoisotopic (exact) mass is 280 g/mol. The molecule has 0 fully saturated rings. The highest BCUT2D eigenvalue weighted by Crippen LogP contribution is 2.20. The second-order valence-electron chi connectivity index (χ2n) is 4.01. The minimum atomic E-state index is -0.997. The Kier molecular flexibility index (Phi) is 5.52. The van der Waals surface area contributed by atoms with Crippen LogP contribution >= 0.6 is 0 Å². The Morgan fingerprint density at radius 2 is 1.95 bits per heavy atom. The molecule has 20 heavy (non-hydrogen) atoms. The number of carboxylic acids is 1. The normalized spacial score (nSPS) is 11.3. The van der Waals surface area contributed by atoms with Gasteiger partial charge in [0.25, 0.3) is 5.91 Å². The van der Waals surface area contributed by atoms with Crippen LogP contribution < -0.4 is 15.4 Å². The Labute approximate surface area is 115 Å². The van der Waals surface area contributed by atoms with Crippen molar-refractivity contribution >= 4 is 17.9 Å². The molecule has 0 aromatic heterocycles. The summed E-state index contributed by atoms with van der Waals surface area (Å²) in [6, 6.07) is 5.89. The van der Waals surface area contributed by atoms with Crippen molar-refractivity contribution in [2.45, 2.75) is 19.4 Å². The zero-order valence-electron chi connectivity index (χ0n) is 11.2. The zero-order chi connectivity index (χ0) is 15.1. The van der Waals surface area contributed by atoms with Crippen molar-refractivity contribution in [3.63, 3.8) is 0 Å². The summed E-state index contributed by atoms with van der Waals surface area (Å²) in [5, 5.41) is 13.1. The van der Waals surface area contributed by atoms with Gasteiger partial charge in [-0.1, -0.05) is 18.2 Å². The number of amides is 3. The van der Waals surface area contributed by atoms with Gasteiger partial charge in [-0.15, -0.1) is 0 Å². The van der Waals surface area contributed by atoms with E-state index in [4.69, 9.17) is 9.84 Å². The highest BCUT2D eigenvalue weighted by atomic mass is 16.5. The van der Waals surface area contributed by atoms with Gasteiger partial charge in [0.1, 0.15) is 5.75 Å². The van der Waals surface area contributed by atoms with E-state index in [1.54, 1.807) is 24.3 Å². The molecule has 3 amide bonds. The summed E-state index contributed by atoms with van der Waals surface area (Å²) in [7, 11) is 1.39. The van der Waals surface area contributed by atoms with Crippen LogP contribution in [0.15, 0.2) is 24.3 Å². The van der Waals surface area contributed by atoms with Crippen LogP contribution in [-0.2, 0) is 16.0 Å². The lowest BCUT2D eigenvalue weighted by Gasteiger charge is -2.16. The van der Waals surface area contributed by atoms with Gasteiger partial charge in [-0.3, -0.25) is 14.9 Å². The Balaban J connectivity index is 2.74. The predicted molar refractivity (Wildman–Crippen MR) is 70.5 cm³/mol. The molecule has 1 atom stereocenters. The first-order chi connectivity index (χ1) is 9.43. The first-order valence-electron chi connectivity index (χ1n) is 5.93. The summed E-state index contributed by atoms with van der Waals surface area (Å²) in [4.78, 5) is 33.4. The maximum atomic E-state index is 11.6. The number of imide groups is 1. The van der Waals surface area contributed by atoms with Gasteiger partial charge in [0.2, 0.25) is 0 Å². The van der Waals surface area contributed by atoms with Crippen LogP contribution in [0.1, 0.15) is 12.5 Å². The van der Waals surface area contributed by atoms with E-state index >= 15 is 0 Å². The molecule has 108 valence electrons. The first-order valence-corrected chi connectivity index (χ1v) is 5.93. The molecule has 7 nitrogen and oxygen atoms in total. The number of ether oxygens (including phenoxy) is 1. The predicted octanol–water partition coefficient (Wildman–Crippen LogP) is 0.537. The minimum Gasteiger partial charge on any atom is -0.481 e. The highest BCUT2D eigenvalue weighted by Gasteiger charge is 2.18. The number of urea groups is 1. The SMILES string of the molecule is CNC(=O)NC(=O)C(C)Oc1ccccc1CC(=O)O. The molecule has 0 saturated heterocycles. The minimum absolute atomic E-state index is 0.208. The summed E-state index contributed by atoms with van der Waals surface area (Å²) in [6.07, 6.45) is -1.14. The molecule has 0 aliphatic heterocycles. The number of hydrogen-bond acceptors (Lipinski definition) is 4. The molecule has 1 aromatic rings. The van der Waals surface area contributed by atoms with Crippen molar-refractivity contribution < 1.29 is 24.2 Å². The first kappa shape index (κ1) is 15.5. The Morgan fingerprint density at radius 3 is 2.55 bits per heavy atom. The second kappa shape index (κ2) is 7.13. The van der Waals surface area contributed by atoms with E-state index in [-0.39, 0.29) is 6.42 Å². The summed E-state index contributed by atoms with van der Waals surface area (Å²) in [5.41, 5.74) is 0.458. The number of para-hydroxylation sites is 1. The number of benzene rings is 1. The maximum Gasteiger partial charge on any atom is 0.321 e. The van der Waals surface area contributed by atoms with E-state index in [2.05, 4.69) is 10.6 Å². The third-order valence-electron chi connectivity index (χ3n) is 2.45. The Hall–Kier alpha value is -2.57. The molecule has 1 rings (SSSR count). The number of nitrogens with one attached hydrogen (secondary N) is 2. The number of carboxylic acid groups (broad SMARTS) is 1. The van der Waals surface area contributed by atoms with Crippen LogP contribution in [0.3, 0.4) is 0 Å². The summed E-state index contributed by atoms with van der Waals surface area (Å²) in [6.45, 7) is 1.47. The molecule has 0 saturated carbocycles. The molecule has 1 unspecified atom stereocenters. The standard InChI is InChI=1S/C13H16N2O5/c1-8(12(18)15-13(19)14-2)20-10-6-4-3-5-9(10)7-11(16)17/h3-6,8H,7H2,1-2H3,(H,16,17)(H2,14,15,18,19). The molecular weight excluding hydrogens is 264 g/mol. The average molecular weight is 280 g/mol. The van der Waals surface area contributed by atoms with Crippen LogP contribution in [0.2, 0.25) is 0 Å². The van der Waals surface area contributed by atoms with Gasteiger partial charge in [-0.05, 0) is 13.0 Å². The van der Waals surface area contributed by atoms with Gasteiger partial charge in [-0.2, -0.15) is 0 Å². The highest BCUT2D eigenvalue weighted by molar-refractivity contribution is 5.96. The van der Waals surface area contributed by atoms with Crippen LogP contribution in [0, 0.1) is 0 Å². The molecule has 0 aliphatic rings. The molecule has 0 aliphatic carbocycles. The lowest BCUT2D eigenvalue weighted by atomic mass is 10.1. The second-order valence-corrected chi connectivity index (χ2v) is 4.01. The van der Waals surface area contributed by atoms with E-state index < -0.39 is 24.0 Å². The van der Waals surface area contributed by atoms with E-state index in [0.29, 0.717) is 11.3 Å². The zero-order valence-corrected chi connectivity index (χ0v) is 11.2. The maximum absolute atomic E-state index is 11.6. The largest absolute Gasteiger partial charge is 0.481 e. The van der Waals surface area contributed by atoms with E-state index in [0.717, 1.165) is 0 Å². The molecule has 0 bridgehead atoms. The number of hydrogen-bond donors (Lipinski definition) is 3. The Morgan fingerprint density at radius 1 is 1.30 bits per heavy atom. The molecule has 3 N–H and O–H groups in total. The lowest BCUT2D eigenvalue weighted by Crippen LogP contribution is -2.44. The smallest absolute Gasteiger partial charge is 0.321 e. The molecule has 1 aromatic carbocycles. The molecule has 0 heterocycles. The van der Waals surface area contributed by atoms with Crippen LogP contribution in [-0.4, -0.2) is 36.2 Å². The summed E-state index contributed by atoms with van der Waals surface area (Å²) < 4.78 is 5.40. The molecule has 0 spiro atoms. The number of carbonyl (C=O) groups is 3. The number of aliphatic carboxylic acids is 1. The van der Waals surface area contributed by atoms with Crippen LogP contribution in [0.25, 0.3) is 0 Å². The summed E-state index contributed by atoms with van der Waals surface area (Å²) >= 11 is 0. The van der Waals surface area contributed by atoms with Gasteiger partial charge in [0.15, 0.2) is 6.10 Å². The molecule has 0 radical (unpaired) electrons. The third kappa shape index (κ3) is 4.60. The third-order valence-corrected chi connectivity index (χ3v) is 2.45. The van der Waals surface area contributed by atoms with Crippen molar-refractivity contribution in [1.82, 2.24) is 10.6 Å². The van der Waals surface area contributed by atoms with Gasteiger partial charge in [-0.25, -0.2) is 4.79 Å². The topological polar surface area (TPSA) is 105 Å². The number of carbonyl (C=O) groups excluding carboxylic acids is 2. The van der Waals surface area contributed by atoms with Crippen LogP contribution in [0.4, 0.5) is 4.79 Å². The Bertz CT molecular complexity index is 515. The van der Waals surface area contributed by atoms with Crippen molar-refractivity contribution in [3.8, 4) is 5.75 Å². The summed E-state index contributed by atoms with van der Waals surface area (Å²) in [5.74, 6) is -1.31. The fraction of sp³-hybridized carbons (Fsp3) is 0.308. The quantitative estimate of drug-likeness (QED) is 0.730. The fourth-order valence-electron chi connectivity index (χ4n) is 1.45. The van der Waals surface area contributed by atoms with E-state index in [1.165, 1.54) is 14.0 Å². The number of rotatable bonds is 5. The van der Waals surface area contributed by atoms with Crippen molar-refractivity contribution in [2.75, 3.05) is 7.05 Å². The van der Waals surface area contributed by atoms with Gasteiger partial charge >= 0.3 is 12.0 Å². The van der Waals surface area contributed by atoms with Gasteiger partial charge in [0.05, 0.1) is 6.42 Å². The van der Waals surface area contributed by atoms with Gasteiger partial charge < -0.3 is 15.2 Å². The molecular formula is C13H16N2O5. The fourth-order valence-corrected chi connectivity index (χ4v) is 1.45. The van der Waals surface area contributed by atoms with Crippen molar-refractivity contribution in [2.24, 2.45) is 0 Å². The van der Waals surface area contributed by atoms with Gasteiger partial charge in [0, 0.05) is 12.6 Å².